The van der Waals surface area contributed by atoms with E-state index in [2.05, 4.69) is 22.5 Å². The zero-order valence-electron chi connectivity index (χ0n) is 12.4. The highest BCUT2D eigenvalue weighted by Crippen LogP contribution is 2.22. The molecule has 4 atom stereocenters. The van der Waals surface area contributed by atoms with Crippen LogP contribution in [0.1, 0.15) is 32.6 Å². The summed E-state index contributed by atoms with van der Waals surface area (Å²) in [4.78, 5) is 14.7. The van der Waals surface area contributed by atoms with Gasteiger partial charge < -0.3 is 15.4 Å². The molecule has 3 aliphatic rings. The first-order valence-corrected chi connectivity index (χ1v) is 8.09. The molecule has 1 amide bonds. The standard InChI is InChI=1S/C15H27N3O2/c1-11-7-12(4-5-16-11)15(19)17-8-14-9-18-6-2-3-13(18)10-20-14/h11-14,16H,2-10H2,1H3,(H,17,19). The quantitative estimate of drug-likeness (QED) is 0.784. The minimum Gasteiger partial charge on any atom is -0.373 e. The number of nitrogens with zero attached hydrogens (tertiary/aromatic N) is 1. The number of piperidine rings is 1. The van der Waals surface area contributed by atoms with Crippen LogP contribution >= 0.6 is 0 Å². The van der Waals surface area contributed by atoms with E-state index in [-0.39, 0.29) is 17.9 Å². The number of hydrogen-bond donors (Lipinski definition) is 2. The number of nitrogens with one attached hydrogen (secondary N) is 2. The van der Waals surface area contributed by atoms with Gasteiger partial charge >= 0.3 is 0 Å². The fourth-order valence-corrected chi connectivity index (χ4v) is 3.74. The lowest BCUT2D eigenvalue weighted by molar-refractivity contribution is -0.127. The molecule has 5 nitrogen and oxygen atoms in total. The van der Waals surface area contributed by atoms with Crippen molar-refractivity contribution in [3.8, 4) is 0 Å². The number of amides is 1. The van der Waals surface area contributed by atoms with Gasteiger partial charge in [0.15, 0.2) is 0 Å². The van der Waals surface area contributed by atoms with Crippen LogP contribution in [0.15, 0.2) is 0 Å². The Morgan fingerprint density at radius 3 is 3.20 bits per heavy atom. The maximum Gasteiger partial charge on any atom is 0.223 e. The maximum absolute atomic E-state index is 12.2. The third kappa shape index (κ3) is 3.32. The van der Waals surface area contributed by atoms with Gasteiger partial charge in [0, 0.05) is 31.1 Å². The largest absolute Gasteiger partial charge is 0.373 e. The summed E-state index contributed by atoms with van der Waals surface area (Å²) >= 11 is 0. The molecule has 114 valence electrons. The van der Waals surface area contributed by atoms with Gasteiger partial charge in [-0.25, -0.2) is 0 Å². The number of ether oxygens (including phenoxy) is 1. The lowest BCUT2D eigenvalue weighted by atomic mass is 9.92. The molecule has 3 aliphatic heterocycles. The second-order valence-corrected chi connectivity index (χ2v) is 6.57. The van der Waals surface area contributed by atoms with Gasteiger partial charge in [0.05, 0.1) is 12.7 Å². The van der Waals surface area contributed by atoms with Crippen molar-refractivity contribution in [1.29, 1.82) is 0 Å². The molecule has 0 bridgehead atoms. The zero-order valence-corrected chi connectivity index (χ0v) is 12.4. The molecule has 2 N–H and O–H groups in total. The maximum atomic E-state index is 12.2. The Morgan fingerprint density at radius 2 is 2.35 bits per heavy atom. The fraction of sp³-hybridized carbons (Fsp3) is 0.933. The monoisotopic (exact) mass is 281 g/mol. The van der Waals surface area contributed by atoms with Crippen LogP contribution in [-0.2, 0) is 9.53 Å². The number of rotatable bonds is 3. The van der Waals surface area contributed by atoms with Crippen LogP contribution in [0.2, 0.25) is 0 Å². The molecule has 0 radical (unpaired) electrons. The van der Waals surface area contributed by atoms with Gasteiger partial charge in [-0.2, -0.15) is 0 Å². The van der Waals surface area contributed by atoms with E-state index in [0.29, 0.717) is 18.6 Å². The molecular weight excluding hydrogens is 254 g/mol. The number of hydrogen-bond acceptors (Lipinski definition) is 4. The molecule has 3 heterocycles. The van der Waals surface area contributed by atoms with E-state index in [1.807, 2.05) is 0 Å². The molecule has 5 heteroatoms. The van der Waals surface area contributed by atoms with Crippen LogP contribution in [0.4, 0.5) is 0 Å². The third-order valence-electron chi connectivity index (χ3n) is 4.96. The molecule has 0 spiro atoms. The van der Waals surface area contributed by atoms with E-state index in [4.69, 9.17) is 4.74 Å². The Bertz CT molecular complexity index is 350. The Hall–Kier alpha value is -0.650. The first-order chi connectivity index (χ1) is 9.72. The van der Waals surface area contributed by atoms with Crippen LogP contribution < -0.4 is 10.6 Å². The fourth-order valence-electron chi connectivity index (χ4n) is 3.74. The van der Waals surface area contributed by atoms with Crippen LogP contribution in [0.25, 0.3) is 0 Å². The van der Waals surface area contributed by atoms with Crippen molar-refractivity contribution in [3.63, 3.8) is 0 Å². The Morgan fingerprint density at radius 1 is 1.45 bits per heavy atom. The minimum atomic E-state index is 0.174. The van der Waals surface area contributed by atoms with Crippen molar-refractivity contribution in [1.82, 2.24) is 15.5 Å². The van der Waals surface area contributed by atoms with Crippen LogP contribution in [0.5, 0.6) is 0 Å². The predicted molar refractivity (Wildman–Crippen MR) is 77.5 cm³/mol. The normalized spacial score (nSPS) is 38.5. The van der Waals surface area contributed by atoms with Gasteiger partial charge in [-0.05, 0) is 45.7 Å². The van der Waals surface area contributed by atoms with Crippen LogP contribution in [-0.4, -0.2) is 61.8 Å². The first-order valence-electron chi connectivity index (χ1n) is 8.09. The van der Waals surface area contributed by atoms with Gasteiger partial charge in [-0.15, -0.1) is 0 Å². The number of carbonyl (C=O) groups is 1. The second-order valence-electron chi connectivity index (χ2n) is 6.57. The summed E-state index contributed by atoms with van der Waals surface area (Å²) < 4.78 is 5.88. The van der Waals surface area contributed by atoms with Crippen molar-refractivity contribution in [2.45, 2.75) is 50.8 Å². The molecule has 3 fully saturated rings. The summed E-state index contributed by atoms with van der Waals surface area (Å²) in [6, 6.07) is 1.09. The van der Waals surface area contributed by atoms with E-state index in [1.165, 1.54) is 19.4 Å². The molecular formula is C15H27N3O2. The van der Waals surface area contributed by atoms with E-state index in [9.17, 15) is 4.79 Å². The van der Waals surface area contributed by atoms with Gasteiger partial charge in [0.25, 0.3) is 0 Å². The first kappa shape index (κ1) is 14.3. The second kappa shape index (κ2) is 6.41. The molecule has 0 aromatic carbocycles. The molecule has 0 saturated carbocycles. The van der Waals surface area contributed by atoms with E-state index >= 15 is 0 Å². The number of morpholine rings is 1. The van der Waals surface area contributed by atoms with Gasteiger partial charge in [-0.3, -0.25) is 9.69 Å². The number of carbonyl (C=O) groups excluding carboxylic acids is 1. The third-order valence-corrected chi connectivity index (χ3v) is 4.96. The highest BCUT2D eigenvalue weighted by molar-refractivity contribution is 5.78. The van der Waals surface area contributed by atoms with Crippen molar-refractivity contribution in [2.75, 3.05) is 32.8 Å². The summed E-state index contributed by atoms with van der Waals surface area (Å²) in [5, 5.41) is 6.49. The van der Waals surface area contributed by atoms with Crippen molar-refractivity contribution < 1.29 is 9.53 Å². The predicted octanol–water partition coefficient (Wildman–Crippen LogP) is 0.354. The SMILES string of the molecule is CC1CC(C(=O)NCC2CN3CCCC3CO2)CCN1. The highest BCUT2D eigenvalue weighted by atomic mass is 16.5. The Kier molecular flexibility index (Phi) is 4.58. The summed E-state index contributed by atoms with van der Waals surface area (Å²) in [7, 11) is 0. The lowest BCUT2D eigenvalue weighted by Crippen LogP contribution is -2.51. The topological polar surface area (TPSA) is 53.6 Å². The Balaban J connectivity index is 1.41. The summed E-state index contributed by atoms with van der Waals surface area (Å²) in [5.74, 6) is 0.389. The summed E-state index contributed by atoms with van der Waals surface area (Å²) in [6.07, 6.45) is 4.64. The molecule has 4 unspecified atom stereocenters. The van der Waals surface area contributed by atoms with E-state index in [0.717, 1.165) is 32.5 Å². The van der Waals surface area contributed by atoms with Gasteiger partial charge in [0.2, 0.25) is 5.91 Å². The van der Waals surface area contributed by atoms with Crippen molar-refractivity contribution >= 4 is 5.91 Å². The van der Waals surface area contributed by atoms with Crippen LogP contribution in [0.3, 0.4) is 0 Å². The average Bonchev–Trinajstić information content (AvgIpc) is 2.92. The summed E-state index contributed by atoms with van der Waals surface area (Å²) in [6.45, 7) is 6.79. The van der Waals surface area contributed by atoms with Gasteiger partial charge in [-0.1, -0.05) is 0 Å². The van der Waals surface area contributed by atoms with Crippen molar-refractivity contribution in [3.05, 3.63) is 0 Å². The minimum absolute atomic E-state index is 0.174. The Labute approximate surface area is 121 Å². The molecule has 0 aliphatic carbocycles. The number of fused-ring (bicyclic) bond motifs is 1. The molecule has 3 saturated heterocycles. The summed E-state index contributed by atoms with van der Waals surface area (Å²) in [5.41, 5.74) is 0. The molecule has 0 aromatic rings. The average molecular weight is 281 g/mol. The lowest BCUT2D eigenvalue weighted by Gasteiger charge is -2.35. The molecule has 20 heavy (non-hydrogen) atoms. The highest BCUT2D eigenvalue weighted by Gasteiger charge is 2.32. The van der Waals surface area contributed by atoms with Gasteiger partial charge in [0.1, 0.15) is 0 Å². The van der Waals surface area contributed by atoms with Crippen molar-refractivity contribution in [2.24, 2.45) is 5.92 Å². The molecule has 3 rings (SSSR count). The van der Waals surface area contributed by atoms with E-state index in [1.54, 1.807) is 0 Å². The van der Waals surface area contributed by atoms with E-state index < -0.39 is 0 Å². The zero-order chi connectivity index (χ0) is 13.9. The van der Waals surface area contributed by atoms with Crippen LogP contribution in [0, 0.1) is 5.92 Å². The molecule has 0 aromatic heterocycles. The smallest absolute Gasteiger partial charge is 0.223 e.